The van der Waals surface area contributed by atoms with Gasteiger partial charge in [0, 0.05) is 24.2 Å². The standard InChI is InChI=1S/2C11H15NO3.2Cu/c2*1-11(2,10(14)15)12-7-8-5-3-4-6-9(8)13;;/h2*3-6,12-13H,7H2,1-2H3,(H,14,15);;/q;;2*+1. The van der Waals surface area contributed by atoms with Crippen LogP contribution in [0, 0.1) is 0 Å². The minimum absolute atomic E-state index is 0. The monoisotopic (exact) mass is 544 g/mol. The maximum absolute atomic E-state index is 10.8. The first-order valence-electron chi connectivity index (χ1n) is 9.37. The van der Waals surface area contributed by atoms with Crippen molar-refractivity contribution in [2.24, 2.45) is 0 Å². The molecule has 0 saturated carbocycles. The van der Waals surface area contributed by atoms with Crippen LogP contribution in [0.25, 0.3) is 0 Å². The second kappa shape index (κ2) is 14.2. The van der Waals surface area contributed by atoms with Gasteiger partial charge in [0.1, 0.15) is 22.6 Å². The number of aliphatic carboxylic acids is 2. The summed E-state index contributed by atoms with van der Waals surface area (Å²) in [5, 5.41) is 42.4. The zero-order valence-electron chi connectivity index (χ0n) is 18.2. The second-order valence-electron chi connectivity index (χ2n) is 7.82. The van der Waals surface area contributed by atoms with Gasteiger partial charge in [-0.05, 0) is 39.8 Å². The van der Waals surface area contributed by atoms with Gasteiger partial charge in [0.15, 0.2) is 0 Å². The summed E-state index contributed by atoms with van der Waals surface area (Å²) in [5.41, 5.74) is -0.622. The molecule has 2 aromatic rings. The number of benzene rings is 2. The van der Waals surface area contributed by atoms with Gasteiger partial charge in [-0.2, -0.15) is 0 Å². The molecule has 0 saturated heterocycles. The van der Waals surface area contributed by atoms with Crippen molar-refractivity contribution in [2.75, 3.05) is 0 Å². The number of carboxylic acid groups (broad SMARTS) is 2. The van der Waals surface area contributed by atoms with Crippen LogP contribution in [0.1, 0.15) is 38.8 Å². The third-order valence-electron chi connectivity index (χ3n) is 4.49. The van der Waals surface area contributed by atoms with E-state index in [-0.39, 0.29) is 45.6 Å². The van der Waals surface area contributed by atoms with Crippen molar-refractivity contribution in [2.45, 2.75) is 51.9 Å². The summed E-state index contributed by atoms with van der Waals surface area (Å²) in [6.45, 7) is 6.97. The summed E-state index contributed by atoms with van der Waals surface area (Å²) in [7, 11) is 0. The maximum atomic E-state index is 10.8. The summed E-state index contributed by atoms with van der Waals surface area (Å²) in [4.78, 5) is 21.6. The Hall–Kier alpha value is -2.06. The van der Waals surface area contributed by atoms with Crippen LogP contribution in [0.5, 0.6) is 11.5 Å². The van der Waals surface area contributed by atoms with Crippen LogP contribution in [0.4, 0.5) is 0 Å². The van der Waals surface area contributed by atoms with Crippen LogP contribution in [-0.2, 0) is 56.8 Å². The molecule has 0 atom stereocenters. The number of aromatic hydroxyl groups is 2. The number of hydrogen-bond acceptors (Lipinski definition) is 6. The number of hydrogen-bond donors (Lipinski definition) is 6. The van der Waals surface area contributed by atoms with E-state index in [0.717, 1.165) is 0 Å². The fraction of sp³-hybridized carbons (Fsp3) is 0.364. The summed E-state index contributed by atoms with van der Waals surface area (Å²) in [6.07, 6.45) is 0. The Morgan fingerprint density at radius 2 is 0.969 bits per heavy atom. The average molecular weight is 546 g/mol. The van der Waals surface area contributed by atoms with Crippen molar-refractivity contribution >= 4 is 11.9 Å². The van der Waals surface area contributed by atoms with E-state index in [4.69, 9.17) is 10.2 Å². The minimum Gasteiger partial charge on any atom is -0.508 e. The molecule has 0 unspecified atom stereocenters. The Balaban J connectivity index is 0. The summed E-state index contributed by atoms with van der Waals surface area (Å²) < 4.78 is 0. The Kier molecular flexibility index (Phi) is 14.2. The smallest absolute Gasteiger partial charge is 0.508 e. The molecule has 0 fully saturated rings. The molecule has 0 aliphatic heterocycles. The van der Waals surface area contributed by atoms with E-state index in [1.165, 1.54) is 0 Å². The van der Waals surface area contributed by atoms with E-state index in [9.17, 15) is 19.8 Å². The number of nitrogens with one attached hydrogen (secondary N) is 2. The van der Waals surface area contributed by atoms with Gasteiger partial charge in [0.25, 0.3) is 0 Å². The average Bonchev–Trinajstić information content (AvgIpc) is 2.67. The van der Waals surface area contributed by atoms with Gasteiger partial charge in [0.05, 0.1) is 0 Å². The predicted molar refractivity (Wildman–Crippen MR) is 113 cm³/mol. The molecule has 0 aliphatic rings. The van der Waals surface area contributed by atoms with Crippen molar-refractivity contribution in [1.82, 2.24) is 10.6 Å². The molecule has 2 rings (SSSR count). The molecular formula is C22H30Cu2N2O6+2. The number of carbonyl (C=O) groups is 2. The first-order valence-corrected chi connectivity index (χ1v) is 9.37. The normalized spacial score (nSPS) is 10.6. The first-order chi connectivity index (χ1) is 13.9. The SMILES string of the molecule is CC(C)(NCc1ccccc1O)C(=O)O.CC(C)(NCc1ccccc1O)C(=O)O.[Cu+].[Cu+]. The molecule has 0 amide bonds. The number of phenolic OH excluding ortho intramolecular Hbond substituents is 2. The Bertz CT molecular complexity index is 804. The third-order valence-corrected chi connectivity index (χ3v) is 4.49. The van der Waals surface area contributed by atoms with E-state index in [1.54, 1.807) is 76.2 Å². The molecule has 0 spiro atoms. The van der Waals surface area contributed by atoms with Crippen molar-refractivity contribution in [3.8, 4) is 11.5 Å². The van der Waals surface area contributed by atoms with E-state index >= 15 is 0 Å². The summed E-state index contributed by atoms with van der Waals surface area (Å²) >= 11 is 0. The van der Waals surface area contributed by atoms with E-state index in [1.807, 2.05) is 0 Å². The Labute approximate surface area is 209 Å². The molecule has 0 aliphatic carbocycles. The molecule has 0 radical (unpaired) electrons. The number of phenols is 2. The van der Waals surface area contributed by atoms with Gasteiger partial charge < -0.3 is 20.4 Å². The molecule has 32 heavy (non-hydrogen) atoms. The third kappa shape index (κ3) is 10.5. The van der Waals surface area contributed by atoms with Gasteiger partial charge in [-0.25, -0.2) is 0 Å². The van der Waals surface area contributed by atoms with Crippen molar-refractivity contribution in [3.05, 3.63) is 59.7 Å². The van der Waals surface area contributed by atoms with Crippen molar-refractivity contribution < 1.29 is 64.2 Å². The van der Waals surface area contributed by atoms with Gasteiger partial charge >= 0.3 is 46.1 Å². The first kappa shape index (κ1) is 32.1. The summed E-state index contributed by atoms with van der Waals surface area (Å²) in [5.74, 6) is -1.49. The van der Waals surface area contributed by atoms with Gasteiger partial charge in [-0.1, -0.05) is 36.4 Å². The van der Waals surface area contributed by atoms with Crippen LogP contribution in [0.3, 0.4) is 0 Å². The quantitative estimate of drug-likeness (QED) is 0.279. The van der Waals surface area contributed by atoms with Crippen LogP contribution in [0.2, 0.25) is 0 Å². The molecule has 8 nitrogen and oxygen atoms in total. The molecule has 2 aromatic carbocycles. The molecular weight excluding hydrogens is 515 g/mol. The minimum atomic E-state index is -0.998. The zero-order chi connectivity index (χ0) is 22.9. The molecule has 0 aromatic heterocycles. The van der Waals surface area contributed by atoms with Crippen LogP contribution < -0.4 is 10.6 Å². The van der Waals surface area contributed by atoms with Crippen LogP contribution in [-0.4, -0.2) is 43.4 Å². The number of rotatable bonds is 8. The van der Waals surface area contributed by atoms with Crippen molar-refractivity contribution in [3.63, 3.8) is 0 Å². The Morgan fingerprint density at radius 3 is 1.22 bits per heavy atom. The second-order valence-corrected chi connectivity index (χ2v) is 7.82. The van der Waals surface area contributed by atoms with E-state index in [0.29, 0.717) is 24.2 Å². The van der Waals surface area contributed by atoms with E-state index in [2.05, 4.69) is 10.6 Å². The molecule has 6 N–H and O–H groups in total. The predicted octanol–water partition coefficient (Wildman–Crippen LogP) is 2.69. The molecule has 10 heteroatoms. The topological polar surface area (TPSA) is 139 Å². The molecule has 184 valence electrons. The van der Waals surface area contributed by atoms with Gasteiger partial charge in [-0.15, -0.1) is 0 Å². The van der Waals surface area contributed by atoms with Gasteiger partial charge in [0.2, 0.25) is 0 Å². The zero-order valence-corrected chi connectivity index (χ0v) is 20.1. The van der Waals surface area contributed by atoms with Crippen LogP contribution in [0.15, 0.2) is 48.5 Å². The fourth-order valence-corrected chi connectivity index (χ4v) is 2.10. The molecule has 0 bridgehead atoms. The van der Waals surface area contributed by atoms with Gasteiger partial charge in [-0.3, -0.25) is 20.2 Å². The largest absolute Gasteiger partial charge is 1.00 e. The number of carboxylic acids is 2. The van der Waals surface area contributed by atoms with Crippen molar-refractivity contribution in [1.29, 1.82) is 0 Å². The Morgan fingerprint density at radius 1 is 0.688 bits per heavy atom. The summed E-state index contributed by atoms with van der Waals surface area (Å²) in [6, 6.07) is 13.7. The molecule has 0 heterocycles. The number of para-hydroxylation sites is 2. The maximum Gasteiger partial charge on any atom is 1.00 e. The van der Waals surface area contributed by atoms with E-state index < -0.39 is 23.0 Å². The van der Waals surface area contributed by atoms with Crippen LogP contribution >= 0.6 is 0 Å². The fourth-order valence-electron chi connectivity index (χ4n) is 2.10.